The first kappa shape index (κ1) is 26.1. The Balaban J connectivity index is 0.00000306. The number of nitrogens with zero attached hydrogens (tertiary/aromatic N) is 4. The number of aliphatic imine (C=N–C) groups is 1. The normalized spacial score (nSPS) is 20.4. The van der Waals surface area contributed by atoms with Crippen LogP contribution in [0.15, 0.2) is 29.3 Å². The number of amides is 1. The van der Waals surface area contributed by atoms with Gasteiger partial charge in [-0.3, -0.25) is 9.69 Å². The van der Waals surface area contributed by atoms with Crippen molar-refractivity contribution >= 4 is 35.8 Å². The largest absolute Gasteiger partial charge is 0.493 e. The van der Waals surface area contributed by atoms with Crippen LogP contribution in [0, 0.1) is 5.92 Å². The summed E-state index contributed by atoms with van der Waals surface area (Å²) in [7, 11) is 0. The molecule has 184 valence electrons. The average molecular weight is 570 g/mol. The Morgan fingerprint density at radius 2 is 1.79 bits per heavy atom. The Morgan fingerprint density at radius 1 is 1.09 bits per heavy atom. The van der Waals surface area contributed by atoms with Crippen molar-refractivity contribution in [2.45, 2.75) is 52.1 Å². The van der Waals surface area contributed by atoms with E-state index in [1.165, 1.54) is 12.8 Å². The summed E-state index contributed by atoms with van der Waals surface area (Å²) in [5, 5.41) is 3.46. The third kappa shape index (κ3) is 7.21. The highest BCUT2D eigenvalue weighted by Gasteiger charge is 2.30. The van der Waals surface area contributed by atoms with Crippen LogP contribution < -0.4 is 10.1 Å². The summed E-state index contributed by atoms with van der Waals surface area (Å²) >= 11 is 0. The lowest BCUT2D eigenvalue weighted by Gasteiger charge is -2.39. The van der Waals surface area contributed by atoms with E-state index < -0.39 is 0 Å². The fourth-order valence-corrected chi connectivity index (χ4v) is 4.53. The van der Waals surface area contributed by atoms with Crippen molar-refractivity contribution in [1.29, 1.82) is 0 Å². The van der Waals surface area contributed by atoms with Gasteiger partial charge in [-0.2, -0.15) is 0 Å². The number of rotatable bonds is 8. The molecule has 7 nitrogen and oxygen atoms in total. The molecule has 2 aliphatic heterocycles. The van der Waals surface area contributed by atoms with E-state index in [0.29, 0.717) is 12.5 Å². The van der Waals surface area contributed by atoms with Crippen molar-refractivity contribution in [1.82, 2.24) is 20.0 Å². The molecule has 0 spiro atoms. The van der Waals surface area contributed by atoms with Crippen molar-refractivity contribution in [2.75, 3.05) is 52.4 Å². The fraction of sp³-hybridized carbons (Fsp3) is 0.680. The molecule has 1 aromatic carbocycles. The Morgan fingerprint density at radius 3 is 2.45 bits per heavy atom. The number of hydrogen-bond donors (Lipinski definition) is 1. The Hall–Kier alpha value is -1.55. The number of hydrogen-bond acceptors (Lipinski definition) is 4. The van der Waals surface area contributed by atoms with Crippen LogP contribution in [0.25, 0.3) is 0 Å². The van der Waals surface area contributed by atoms with Crippen LogP contribution in [-0.2, 0) is 11.3 Å². The van der Waals surface area contributed by atoms with Gasteiger partial charge in [0.15, 0.2) is 5.96 Å². The lowest BCUT2D eigenvalue weighted by molar-refractivity contribution is -0.135. The third-order valence-corrected chi connectivity index (χ3v) is 6.81. The van der Waals surface area contributed by atoms with E-state index in [1.54, 1.807) is 0 Å². The van der Waals surface area contributed by atoms with Crippen molar-refractivity contribution in [3.05, 3.63) is 29.8 Å². The summed E-state index contributed by atoms with van der Waals surface area (Å²) in [4.78, 5) is 24.4. The molecule has 1 saturated carbocycles. The van der Waals surface area contributed by atoms with E-state index in [2.05, 4.69) is 47.2 Å². The summed E-state index contributed by atoms with van der Waals surface area (Å²) in [6, 6.07) is 8.21. The molecular formula is C25H40IN5O2. The van der Waals surface area contributed by atoms with Crippen LogP contribution in [-0.4, -0.2) is 85.0 Å². The van der Waals surface area contributed by atoms with Gasteiger partial charge in [0, 0.05) is 51.4 Å². The van der Waals surface area contributed by atoms with Gasteiger partial charge >= 0.3 is 0 Å². The molecule has 2 saturated heterocycles. The summed E-state index contributed by atoms with van der Waals surface area (Å²) in [6.07, 6.45) is 4.87. The molecule has 33 heavy (non-hydrogen) atoms. The maximum Gasteiger partial charge on any atom is 0.239 e. The number of ether oxygens (including phenoxy) is 1. The number of piperazine rings is 1. The maximum absolute atomic E-state index is 12.8. The first-order chi connectivity index (χ1) is 15.7. The van der Waals surface area contributed by atoms with Gasteiger partial charge in [-0.15, -0.1) is 24.0 Å². The minimum absolute atomic E-state index is 0. The number of guanidine groups is 1. The molecule has 0 aromatic heterocycles. The monoisotopic (exact) mass is 569 g/mol. The topological polar surface area (TPSA) is 60.4 Å². The lowest BCUT2D eigenvalue weighted by atomic mass is 10.2. The maximum atomic E-state index is 12.8. The van der Waals surface area contributed by atoms with Crippen molar-refractivity contribution in [3.63, 3.8) is 0 Å². The zero-order valence-corrected chi connectivity index (χ0v) is 22.5. The molecule has 1 unspecified atom stereocenters. The lowest BCUT2D eigenvalue weighted by Crippen LogP contribution is -2.57. The molecule has 3 fully saturated rings. The Labute approximate surface area is 215 Å². The number of halogens is 1. The quantitative estimate of drug-likeness (QED) is 0.296. The SMILES string of the molecule is CCNC(=NCc1ccccc1OCC1CC1)N1CCN(C(C)C(=O)N2CCCC2)CC1.I. The minimum Gasteiger partial charge on any atom is -0.493 e. The highest BCUT2D eigenvalue weighted by atomic mass is 127. The average Bonchev–Trinajstić information content (AvgIpc) is 3.50. The standard InChI is InChI=1S/C25H39N5O2.HI/c1-3-26-25(27-18-22-8-4-5-9-23(22)32-19-21-10-11-21)30-16-14-28(15-17-30)20(2)24(31)29-12-6-7-13-29;/h4-5,8-9,20-21H,3,6-7,10-19H2,1-2H3,(H,26,27);1H. The van der Waals surface area contributed by atoms with Crippen molar-refractivity contribution in [2.24, 2.45) is 10.9 Å². The number of para-hydroxylation sites is 1. The highest BCUT2D eigenvalue weighted by molar-refractivity contribution is 14.0. The van der Waals surface area contributed by atoms with E-state index >= 15 is 0 Å². The second-order valence-corrected chi connectivity index (χ2v) is 9.26. The van der Waals surface area contributed by atoms with E-state index in [-0.39, 0.29) is 30.0 Å². The Bertz CT molecular complexity index is 787. The molecule has 0 bridgehead atoms. The van der Waals surface area contributed by atoms with E-state index in [1.807, 2.05) is 11.0 Å². The van der Waals surface area contributed by atoms with Crippen LogP contribution in [0.3, 0.4) is 0 Å². The van der Waals surface area contributed by atoms with Gasteiger partial charge in [0.2, 0.25) is 5.91 Å². The number of nitrogens with one attached hydrogen (secondary N) is 1. The number of likely N-dealkylation sites (tertiary alicyclic amines) is 1. The van der Waals surface area contributed by atoms with Crippen LogP contribution in [0.4, 0.5) is 0 Å². The highest BCUT2D eigenvalue weighted by Crippen LogP contribution is 2.30. The van der Waals surface area contributed by atoms with Gasteiger partial charge in [-0.1, -0.05) is 18.2 Å². The molecule has 3 aliphatic rings. The predicted octanol–water partition coefficient (Wildman–Crippen LogP) is 3.19. The van der Waals surface area contributed by atoms with Crippen molar-refractivity contribution in [3.8, 4) is 5.75 Å². The molecule has 8 heteroatoms. The van der Waals surface area contributed by atoms with Gasteiger partial charge < -0.3 is 19.9 Å². The third-order valence-electron chi connectivity index (χ3n) is 6.81. The second kappa shape index (κ2) is 12.8. The summed E-state index contributed by atoms with van der Waals surface area (Å²) in [5.74, 6) is 2.93. The van der Waals surface area contributed by atoms with E-state index in [9.17, 15) is 4.79 Å². The molecule has 1 aromatic rings. The predicted molar refractivity (Wildman–Crippen MR) is 143 cm³/mol. The van der Waals surface area contributed by atoms with Gasteiger partial charge in [-0.25, -0.2) is 4.99 Å². The molecule has 1 atom stereocenters. The molecule has 2 heterocycles. The van der Waals surface area contributed by atoms with Gasteiger partial charge in [0.1, 0.15) is 5.75 Å². The summed E-state index contributed by atoms with van der Waals surface area (Å²) < 4.78 is 6.06. The second-order valence-electron chi connectivity index (χ2n) is 9.26. The first-order valence-electron chi connectivity index (χ1n) is 12.4. The Kier molecular flexibility index (Phi) is 10.1. The number of carbonyl (C=O) groups is 1. The molecule has 1 aliphatic carbocycles. The molecular weight excluding hydrogens is 529 g/mol. The minimum atomic E-state index is -0.0368. The van der Waals surface area contributed by atoms with E-state index in [4.69, 9.17) is 9.73 Å². The molecule has 1 N–H and O–H groups in total. The smallest absolute Gasteiger partial charge is 0.239 e. The zero-order valence-electron chi connectivity index (χ0n) is 20.2. The van der Waals surface area contributed by atoms with Gasteiger partial charge in [0.25, 0.3) is 0 Å². The van der Waals surface area contributed by atoms with E-state index in [0.717, 1.165) is 88.5 Å². The zero-order chi connectivity index (χ0) is 22.3. The number of carbonyl (C=O) groups excluding carboxylic acids is 1. The number of benzene rings is 1. The summed E-state index contributed by atoms with van der Waals surface area (Å²) in [6.45, 7) is 11.8. The molecule has 1 amide bonds. The van der Waals surface area contributed by atoms with Gasteiger partial charge in [0.05, 0.1) is 19.2 Å². The van der Waals surface area contributed by atoms with Crippen LogP contribution >= 0.6 is 24.0 Å². The van der Waals surface area contributed by atoms with Crippen molar-refractivity contribution < 1.29 is 9.53 Å². The molecule has 4 rings (SSSR count). The fourth-order valence-electron chi connectivity index (χ4n) is 4.53. The first-order valence-corrected chi connectivity index (χ1v) is 12.4. The summed E-state index contributed by atoms with van der Waals surface area (Å²) in [5.41, 5.74) is 1.13. The van der Waals surface area contributed by atoms with Gasteiger partial charge in [-0.05, 0) is 51.5 Å². The van der Waals surface area contributed by atoms with Crippen LogP contribution in [0.1, 0.15) is 45.1 Å². The van der Waals surface area contributed by atoms with Crippen LogP contribution in [0.5, 0.6) is 5.75 Å². The molecule has 0 radical (unpaired) electrons. The van der Waals surface area contributed by atoms with Crippen LogP contribution in [0.2, 0.25) is 0 Å².